The fourth-order valence-corrected chi connectivity index (χ4v) is 1.64. The minimum absolute atomic E-state index is 0.378. The van der Waals surface area contributed by atoms with Crippen LogP contribution in [-0.2, 0) is 9.59 Å². The molecule has 1 rings (SSSR count). The number of nitrogens with zero attached hydrogens (tertiary/aromatic N) is 2. The van der Waals surface area contributed by atoms with E-state index in [1.165, 1.54) is 14.1 Å². The first kappa shape index (κ1) is 11.7. The number of imide groups is 2. The molecule has 84 valence electrons. The van der Waals surface area contributed by atoms with E-state index in [-0.39, 0.29) is 11.8 Å². The Morgan fingerprint density at radius 3 is 1.93 bits per heavy atom. The average molecular weight is 212 g/mol. The van der Waals surface area contributed by atoms with Crippen LogP contribution in [0.3, 0.4) is 0 Å². The molecule has 1 aliphatic heterocycles. The number of hydrogen-bond donors (Lipinski definition) is 0. The Bertz CT molecular complexity index is 277. The van der Waals surface area contributed by atoms with Gasteiger partial charge in [0.25, 0.3) is 0 Å². The first-order valence-corrected chi connectivity index (χ1v) is 5.09. The van der Waals surface area contributed by atoms with Crippen molar-refractivity contribution in [2.75, 3.05) is 14.1 Å². The van der Waals surface area contributed by atoms with Crippen molar-refractivity contribution in [2.24, 2.45) is 5.92 Å². The van der Waals surface area contributed by atoms with Crippen LogP contribution >= 0.6 is 0 Å². The van der Waals surface area contributed by atoms with Crippen LogP contribution in [0.1, 0.15) is 26.2 Å². The summed E-state index contributed by atoms with van der Waals surface area (Å²) in [6, 6.07) is -0.544. The zero-order valence-corrected chi connectivity index (χ0v) is 9.32. The summed E-state index contributed by atoms with van der Waals surface area (Å²) in [5, 5.41) is 0. The van der Waals surface area contributed by atoms with Gasteiger partial charge in [-0.3, -0.25) is 19.4 Å². The van der Waals surface area contributed by atoms with Gasteiger partial charge in [-0.15, -0.1) is 0 Å². The predicted octanol–water partition coefficient (Wildman–Crippen LogP) is 0.843. The minimum Gasteiger partial charge on any atom is -0.273 e. The van der Waals surface area contributed by atoms with Gasteiger partial charge in [-0.05, 0) is 6.42 Å². The van der Waals surface area contributed by atoms with Gasteiger partial charge in [0.05, 0.1) is 0 Å². The zero-order chi connectivity index (χ0) is 11.6. The van der Waals surface area contributed by atoms with Crippen LogP contribution in [-0.4, -0.2) is 41.7 Å². The van der Waals surface area contributed by atoms with Gasteiger partial charge < -0.3 is 0 Å². The second-order valence-corrected chi connectivity index (χ2v) is 3.77. The van der Waals surface area contributed by atoms with E-state index in [2.05, 4.69) is 0 Å². The number of barbiturate groups is 1. The maximum absolute atomic E-state index is 11.7. The lowest BCUT2D eigenvalue weighted by Crippen LogP contribution is -2.56. The Hall–Kier alpha value is -1.39. The van der Waals surface area contributed by atoms with Crippen LogP contribution in [0.2, 0.25) is 0 Å². The molecule has 5 nitrogen and oxygen atoms in total. The van der Waals surface area contributed by atoms with E-state index in [0.717, 1.165) is 22.6 Å². The molecule has 1 aliphatic rings. The fourth-order valence-electron chi connectivity index (χ4n) is 1.64. The lowest BCUT2D eigenvalue weighted by atomic mass is 9.97. The molecule has 0 unspecified atom stereocenters. The SMILES string of the molecule is CCCCC1C(=O)N(C)C(=O)N(C)C1=O. The van der Waals surface area contributed by atoms with Crippen molar-refractivity contribution in [3.8, 4) is 0 Å². The number of rotatable bonds is 3. The van der Waals surface area contributed by atoms with Crippen molar-refractivity contribution in [1.29, 1.82) is 0 Å². The summed E-state index contributed by atoms with van der Waals surface area (Å²) in [5.74, 6) is -1.43. The van der Waals surface area contributed by atoms with Gasteiger partial charge in [-0.25, -0.2) is 4.79 Å². The number of urea groups is 1. The zero-order valence-electron chi connectivity index (χ0n) is 9.32. The molecule has 5 heteroatoms. The highest BCUT2D eigenvalue weighted by atomic mass is 16.2. The maximum Gasteiger partial charge on any atom is 0.332 e. The monoisotopic (exact) mass is 212 g/mol. The topological polar surface area (TPSA) is 57.7 Å². The van der Waals surface area contributed by atoms with Gasteiger partial charge in [0.2, 0.25) is 11.8 Å². The van der Waals surface area contributed by atoms with Crippen LogP contribution in [0.25, 0.3) is 0 Å². The Morgan fingerprint density at radius 1 is 1.07 bits per heavy atom. The van der Waals surface area contributed by atoms with Crippen LogP contribution in [0.5, 0.6) is 0 Å². The molecule has 0 N–H and O–H groups in total. The van der Waals surface area contributed by atoms with Gasteiger partial charge in [0.1, 0.15) is 5.92 Å². The van der Waals surface area contributed by atoms with Gasteiger partial charge in [-0.1, -0.05) is 19.8 Å². The molecule has 1 fully saturated rings. The second-order valence-electron chi connectivity index (χ2n) is 3.77. The van der Waals surface area contributed by atoms with Crippen LogP contribution in [0.4, 0.5) is 4.79 Å². The molecule has 0 saturated carbocycles. The van der Waals surface area contributed by atoms with E-state index < -0.39 is 11.9 Å². The van der Waals surface area contributed by atoms with Crippen molar-refractivity contribution < 1.29 is 14.4 Å². The quantitative estimate of drug-likeness (QED) is 0.651. The van der Waals surface area contributed by atoms with Gasteiger partial charge in [0.15, 0.2) is 0 Å². The molecule has 0 atom stereocenters. The highest BCUT2D eigenvalue weighted by Gasteiger charge is 2.41. The molecule has 1 saturated heterocycles. The molecule has 0 aliphatic carbocycles. The molecular weight excluding hydrogens is 196 g/mol. The third kappa shape index (κ3) is 2.00. The first-order chi connectivity index (χ1) is 7.00. The summed E-state index contributed by atoms with van der Waals surface area (Å²) in [6.45, 7) is 2.00. The smallest absolute Gasteiger partial charge is 0.273 e. The standard InChI is InChI=1S/C10H16N2O3/c1-4-5-6-7-8(13)11(2)10(15)12(3)9(7)14/h7H,4-6H2,1-3H3. The maximum atomic E-state index is 11.7. The molecule has 0 aromatic heterocycles. The number of carbonyl (C=O) groups is 3. The lowest BCUT2D eigenvalue weighted by Gasteiger charge is -2.32. The predicted molar refractivity (Wildman–Crippen MR) is 54.0 cm³/mol. The van der Waals surface area contributed by atoms with Crippen LogP contribution in [0.15, 0.2) is 0 Å². The third-order valence-electron chi connectivity index (χ3n) is 2.68. The fraction of sp³-hybridized carbons (Fsp3) is 0.700. The largest absolute Gasteiger partial charge is 0.332 e. The molecule has 0 aromatic rings. The van der Waals surface area contributed by atoms with Crippen molar-refractivity contribution in [3.63, 3.8) is 0 Å². The lowest BCUT2D eigenvalue weighted by molar-refractivity contribution is -0.147. The average Bonchev–Trinajstić information content (AvgIpc) is 2.24. The molecule has 0 bridgehead atoms. The molecule has 1 heterocycles. The second kappa shape index (κ2) is 4.42. The summed E-state index contributed by atoms with van der Waals surface area (Å²) < 4.78 is 0. The summed E-state index contributed by atoms with van der Waals surface area (Å²) in [6.07, 6.45) is 2.27. The molecule has 0 aromatic carbocycles. The third-order valence-corrected chi connectivity index (χ3v) is 2.68. The molecule has 4 amide bonds. The summed E-state index contributed by atoms with van der Waals surface area (Å²) in [5.41, 5.74) is 0. The van der Waals surface area contributed by atoms with E-state index >= 15 is 0 Å². The molecule has 0 spiro atoms. The Labute approximate surface area is 89.0 Å². The normalized spacial score (nSPS) is 19.0. The van der Waals surface area contributed by atoms with Crippen LogP contribution < -0.4 is 0 Å². The van der Waals surface area contributed by atoms with Crippen molar-refractivity contribution in [1.82, 2.24) is 9.80 Å². The molecule has 0 radical (unpaired) electrons. The first-order valence-electron chi connectivity index (χ1n) is 5.09. The molecular formula is C10H16N2O3. The van der Waals surface area contributed by atoms with Gasteiger partial charge >= 0.3 is 6.03 Å². The minimum atomic E-state index is -0.669. The van der Waals surface area contributed by atoms with Gasteiger partial charge in [0, 0.05) is 14.1 Å². The van der Waals surface area contributed by atoms with Crippen molar-refractivity contribution in [2.45, 2.75) is 26.2 Å². The van der Waals surface area contributed by atoms with Gasteiger partial charge in [-0.2, -0.15) is 0 Å². The number of amides is 4. The molecule has 15 heavy (non-hydrogen) atoms. The van der Waals surface area contributed by atoms with E-state index in [1.54, 1.807) is 0 Å². The summed E-state index contributed by atoms with van der Waals surface area (Å²) in [7, 11) is 2.82. The van der Waals surface area contributed by atoms with E-state index in [1.807, 2.05) is 6.92 Å². The van der Waals surface area contributed by atoms with Crippen molar-refractivity contribution in [3.05, 3.63) is 0 Å². The van der Waals surface area contributed by atoms with Crippen molar-refractivity contribution >= 4 is 17.8 Å². The summed E-state index contributed by atoms with van der Waals surface area (Å²) in [4.78, 5) is 36.7. The Balaban J connectivity index is 2.82. The highest BCUT2D eigenvalue weighted by Crippen LogP contribution is 2.20. The Morgan fingerprint density at radius 2 is 1.53 bits per heavy atom. The van der Waals surface area contributed by atoms with E-state index in [9.17, 15) is 14.4 Å². The van der Waals surface area contributed by atoms with Crippen LogP contribution in [0, 0.1) is 5.92 Å². The van der Waals surface area contributed by atoms with E-state index in [0.29, 0.717) is 6.42 Å². The summed E-state index contributed by atoms with van der Waals surface area (Å²) >= 11 is 0. The number of unbranched alkanes of at least 4 members (excludes halogenated alkanes) is 1. The van der Waals surface area contributed by atoms with E-state index in [4.69, 9.17) is 0 Å². The number of hydrogen-bond acceptors (Lipinski definition) is 3. The highest BCUT2D eigenvalue weighted by molar-refractivity contribution is 6.15. The Kier molecular flexibility index (Phi) is 3.44. The number of carbonyl (C=O) groups excluding carboxylic acids is 3.